The van der Waals surface area contributed by atoms with Gasteiger partial charge in [-0.15, -0.1) is 0 Å². The number of hydrazine groups is 1. The van der Waals surface area contributed by atoms with Crippen molar-refractivity contribution in [3.05, 3.63) is 41.9 Å². The van der Waals surface area contributed by atoms with Crippen molar-refractivity contribution in [2.24, 2.45) is 5.84 Å². The molecule has 0 radical (unpaired) electrons. The Kier molecular flexibility index (Phi) is 2.80. The Bertz CT molecular complexity index is 855. The Morgan fingerprint density at radius 2 is 2.05 bits per heavy atom. The molecule has 0 spiro atoms. The van der Waals surface area contributed by atoms with Crippen LogP contribution in [0.1, 0.15) is 16.2 Å². The number of hydrogen-bond acceptors (Lipinski definition) is 4. The minimum atomic E-state index is -4.54. The number of nitrogen functional groups attached to an aromatic ring is 1. The molecule has 3 aromatic heterocycles. The van der Waals surface area contributed by atoms with E-state index in [4.69, 9.17) is 5.84 Å². The fourth-order valence-corrected chi connectivity index (χ4v) is 1.99. The molecule has 1 amide bonds. The lowest BCUT2D eigenvalue weighted by Crippen LogP contribution is -2.30. The van der Waals surface area contributed by atoms with E-state index in [1.165, 1.54) is 22.8 Å². The van der Waals surface area contributed by atoms with Crippen molar-refractivity contribution in [3.63, 3.8) is 0 Å². The minimum absolute atomic E-state index is 0.00999. The molecule has 0 aliphatic carbocycles. The van der Waals surface area contributed by atoms with Crippen LogP contribution in [0.5, 0.6) is 0 Å². The molecule has 0 aliphatic heterocycles. The first-order valence-electron chi connectivity index (χ1n) is 5.77. The maximum absolute atomic E-state index is 12.7. The monoisotopic (exact) mass is 295 g/mol. The highest BCUT2D eigenvalue weighted by molar-refractivity contribution is 5.98. The van der Waals surface area contributed by atoms with Gasteiger partial charge in [0.25, 0.3) is 5.91 Å². The predicted molar refractivity (Wildman–Crippen MR) is 67.1 cm³/mol. The molecule has 108 valence electrons. The Morgan fingerprint density at radius 3 is 2.71 bits per heavy atom. The van der Waals surface area contributed by atoms with E-state index < -0.39 is 17.8 Å². The number of hydrogen-bond donors (Lipinski definition) is 2. The zero-order valence-electron chi connectivity index (χ0n) is 10.3. The first-order valence-corrected chi connectivity index (χ1v) is 5.77. The third kappa shape index (κ3) is 2.17. The SMILES string of the molecule is NNC(=O)c1cc2c3nc(C(F)(F)F)ccc3ccn2n1. The lowest BCUT2D eigenvalue weighted by molar-refractivity contribution is -0.140. The summed E-state index contributed by atoms with van der Waals surface area (Å²) < 4.78 is 39.5. The summed E-state index contributed by atoms with van der Waals surface area (Å²) in [6.45, 7) is 0. The molecule has 0 atom stereocenters. The van der Waals surface area contributed by atoms with Crippen molar-refractivity contribution < 1.29 is 18.0 Å². The smallest absolute Gasteiger partial charge is 0.289 e. The number of aromatic nitrogens is 3. The highest BCUT2D eigenvalue weighted by Gasteiger charge is 2.32. The number of halogens is 3. The van der Waals surface area contributed by atoms with Gasteiger partial charge >= 0.3 is 6.18 Å². The van der Waals surface area contributed by atoms with Gasteiger partial charge < -0.3 is 0 Å². The van der Waals surface area contributed by atoms with Gasteiger partial charge in [-0.2, -0.15) is 18.3 Å². The van der Waals surface area contributed by atoms with Crippen LogP contribution in [0.3, 0.4) is 0 Å². The summed E-state index contributed by atoms with van der Waals surface area (Å²) in [7, 11) is 0. The second kappa shape index (κ2) is 4.42. The van der Waals surface area contributed by atoms with Gasteiger partial charge in [0.15, 0.2) is 5.69 Å². The van der Waals surface area contributed by atoms with Crippen molar-refractivity contribution in [1.82, 2.24) is 20.0 Å². The van der Waals surface area contributed by atoms with E-state index >= 15 is 0 Å². The third-order valence-electron chi connectivity index (χ3n) is 2.95. The number of carbonyl (C=O) groups excluding carboxylic acids is 1. The summed E-state index contributed by atoms with van der Waals surface area (Å²) >= 11 is 0. The number of nitrogens with two attached hydrogens (primary N) is 1. The van der Waals surface area contributed by atoms with Crippen LogP contribution in [0.15, 0.2) is 30.5 Å². The van der Waals surface area contributed by atoms with Crippen LogP contribution in [0, 0.1) is 0 Å². The van der Waals surface area contributed by atoms with Crippen LogP contribution < -0.4 is 11.3 Å². The Morgan fingerprint density at radius 1 is 1.29 bits per heavy atom. The lowest BCUT2D eigenvalue weighted by atomic mass is 10.2. The van der Waals surface area contributed by atoms with Gasteiger partial charge in [0.1, 0.15) is 5.69 Å². The molecule has 0 aliphatic rings. The molecule has 0 aromatic carbocycles. The zero-order chi connectivity index (χ0) is 15.2. The van der Waals surface area contributed by atoms with E-state index in [1.54, 1.807) is 6.07 Å². The largest absolute Gasteiger partial charge is 0.433 e. The van der Waals surface area contributed by atoms with E-state index in [0.717, 1.165) is 6.07 Å². The number of pyridine rings is 2. The van der Waals surface area contributed by atoms with Crippen LogP contribution in [-0.4, -0.2) is 20.5 Å². The average molecular weight is 295 g/mol. The minimum Gasteiger partial charge on any atom is -0.289 e. The molecular formula is C12H8F3N5O. The van der Waals surface area contributed by atoms with E-state index in [9.17, 15) is 18.0 Å². The molecule has 9 heteroatoms. The molecule has 3 aromatic rings. The van der Waals surface area contributed by atoms with Gasteiger partial charge in [-0.3, -0.25) is 10.2 Å². The molecule has 3 N–H and O–H groups in total. The highest BCUT2D eigenvalue weighted by Crippen LogP contribution is 2.30. The molecule has 0 fully saturated rings. The van der Waals surface area contributed by atoms with Crippen LogP contribution >= 0.6 is 0 Å². The molecule has 0 saturated carbocycles. The summed E-state index contributed by atoms with van der Waals surface area (Å²) in [5.74, 6) is 4.37. The van der Waals surface area contributed by atoms with Gasteiger partial charge in [-0.25, -0.2) is 15.3 Å². The lowest BCUT2D eigenvalue weighted by Gasteiger charge is -2.07. The van der Waals surface area contributed by atoms with Crippen molar-refractivity contribution in [2.75, 3.05) is 0 Å². The predicted octanol–water partition coefficient (Wildman–Crippen LogP) is 1.50. The quantitative estimate of drug-likeness (QED) is 0.405. The molecule has 0 bridgehead atoms. The van der Waals surface area contributed by atoms with Gasteiger partial charge in [0.05, 0.1) is 11.0 Å². The highest BCUT2D eigenvalue weighted by atomic mass is 19.4. The Hall–Kier alpha value is -2.68. The summed E-state index contributed by atoms with van der Waals surface area (Å²) in [6.07, 6.45) is -3.02. The van der Waals surface area contributed by atoms with E-state index in [0.29, 0.717) is 5.39 Å². The van der Waals surface area contributed by atoms with Gasteiger partial charge in [0.2, 0.25) is 0 Å². The zero-order valence-corrected chi connectivity index (χ0v) is 10.3. The van der Waals surface area contributed by atoms with Crippen LogP contribution in [-0.2, 0) is 6.18 Å². The number of carbonyl (C=O) groups is 1. The summed E-state index contributed by atoms with van der Waals surface area (Å²) in [5, 5.41) is 4.44. The van der Waals surface area contributed by atoms with Gasteiger partial charge in [-0.05, 0) is 18.2 Å². The topological polar surface area (TPSA) is 85.3 Å². The van der Waals surface area contributed by atoms with E-state index in [-0.39, 0.29) is 16.7 Å². The number of rotatable bonds is 1. The number of alkyl halides is 3. The van der Waals surface area contributed by atoms with Crippen molar-refractivity contribution in [3.8, 4) is 0 Å². The van der Waals surface area contributed by atoms with Crippen LogP contribution in [0.2, 0.25) is 0 Å². The fraction of sp³-hybridized carbons (Fsp3) is 0.0833. The number of nitrogens with one attached hydrogen (secondary N) is 1. The van der Waals surface area contributed by atoms with Gasteiger partial charge in [0, 0.05) is 11.6 Å². The van der Waals surface area contributed by atoms with Crippen molar-refractivity contribution in [2.45, 2.75) is 6.18 Å². The van der Waals surface area contributed by atoms with Crippen molar-refractivity contribution >= 4 is 22.3 Å². The molecule has 0 saturated heterocycles. The third-order valence-corrected chi connectivity index (χ3v) is 2.95. The van der Waals surface area contributed by atoms with E-state index in [1.807, 2.05) is 5.43 Å². The molecule has 21 heavy (non-hydrogen) atoms. The van der Waals surface area contributed by atoms with E-state index in [2.05, 4.69) is 10.1 Å². The second-order valence-electron chi connectivity index (χ2n) is 4.28. The summed E-state index contributed by atoms with van der Waals surface area (Å²) in [6, 6.07) is 5.12. The van der Waals surface area contributed by atoms with Crippen LogP contribution in [0.4, 0.5) is 13.2 Å². The van der Waals surface area contributed by atoms with Gasteiger partial charge in [-0.1, -0.05) is 6.07 Å². The van der Waals surface area contributed by atoms with Crippen LogP contribution in [0.25, 0.3) is 16.4 Å². The Labute approximate surface area is 115 Å². The number of fused-ring (bicyclic) bond motifs is 3. The first-order chi connectivity index (χ1) is 9.90. The molecular weight excluding hydrogens is 287 g/mol. The summed E-state index contributed by atoms with van der Waals surface area (Å²) in [4.78, 5) is 15.1. The number of nitrogens with zero attached hydrogens (tertiary/aromatic N) is 3. The molecule has 6 nitrogen and oxygen atoms in total. The first kappa shape index (κ1) is 13.3. The molecule has 3 heterocycles. The van der Waals surface area contributed by atoms with Crippen molar-refractivity contribution in [1.29, 1.82) is 0 Å². The average Bonchev–Trinajstić information content (AvgIpc) is 2.89. The maximum atomic E-state index is 12.7. The molecule has 0 unspecified atom stereocenters. The molecule has 3 rings (SSSR count). The standard InChI is InChI=1S/C12H8F3N5O/c13-12(14,15)9-2-1-6-3-4-20-8(10(6)17-9)5-7(19-20)11(21)18-16/h1-5H,16H2,(H,18,21). The maximum Gasteiger partial charge on any atom is 0.433 e. The summed E-state index contributed by atoms with van der Waals surface area (Å²) in [5.41, 5.74) is 1.29. The second-order valence-corrected chi connectivity index (χ2v) is 4.28. The Balaban J connectivity index is 2.30. The fourth-order valence-electron chi connectivity index (χ4n) is 1.99. The normalized spacial score (nSPS) is 12.0. The number of amides is 1.